The molecule has 0 unspecified atom stereocenters. The number of hydrogen-bond donors (Lipinski definition) is 0. The van der Waals surface area contributed by atoms with E-state index in [2.05, 4.69) is 62.9 Å². The first-order valence-electron chi connectivity index (χ1n) is 14.0. The molecule has 0 aliphatic carbocycles. The zero-order valence-electron chi connectivity index (χ0n) is 24.1. The average molecular weight is 554 g/mol. The van der Waals surface area contributed by atoms with Crippen LogP contribution in [0.25, 0.3) is 11.3 Å². The van der Waals surface area contributed by atoms with Gasteiger partial charge in [-0.05, 0) is 49.4 Å². The molecule has 8 nitrogen and oxygen atoms in total. The van der Waals surface area contributed by atoms with Gasteiger partial charge in [0.15, 0.2) is 5.82 Å². The topological polar surface area (TPSA) is 78.4 Å². The molecule has 9 heteroatoms. The predicted molar refractivity (Wildman–Crippen MR) is 160 cm³/mol. The average Bonchev–Trinajstić information content (AvgIpc) is 3.01. The second kappa shape index (κ2) is 12.4. The molecule has 3 heterocycles. The zero-order chi connectivity index (χ0) is 28.9. The largest absolute Gasteiger partial charge is 0.351 e. The van der Waals surface area contributed by atoms with Crippen LogP contribution in [0.15, 0.2) is 67.0 Å². The number of amides is 1. The molecule has 1 aliphatic rings. The predicted octanol–water partition coefficient (Wildman–Crippen LogP) is 5.05. The van der Waals surface area contributed by atoms with Crippen molar-refractivity contribution in [1.82, 2.24) is 25.1 Å². The number of nitrogens with zero attached hydrogens (tertiary/aromatic N) is 7. The first-order valence-corrected chi connectivity index (χ1v) is 14.0. The number of aromatic nitrogens is 4. The third-order valence-corrected chi connectivity index (χ3v) is 7.88. The van der Waals surface area contributed by atoms with Crippen LogP contribution in [0.5, 0.6) is 0 Å². The summed E-state index contributed by atoms with van der Waals surface area (Å²) in [6.07, 6.45) is 4.06. The third kappa shape index (κ3) is 6.19. The van der Waals surface area contributed by atoms with Gasteiger partial charge in [-0.1, -0.05) is 54.6 Å². The number of carbonyl (C=O) groups is 1. The van der Waals surface area contributed by atoms with E-state index in [1.165, 1.54) is 5.56 Å². The SMILES string of the molecule is Cc1c(-c2ccc(CF)cc2)nnc(N2CCN(c3cnc(C(=O)N(C)CCc4ccccc4)cn3)[C@H](C)C2)c1C. The highest BCUT2D eigenvalue weighted by Gasteiger charge is 2.28. The Morgan fingerprint density at radius 2 is 1.71 bits per heavy atom. The molecule has 0 bridgehead atoms. The van der Waals surface area contributed by atoms with Crippen molar-refractivity contribution in [3.05, 3.63) is 94.9 Å². The highest BCUT2D eigenvalue weighted by Crippen LogP contribution is 2.30. The molecule has 2 aromatic heterocycles. The zero-order valence-corrected chi connectivity index (χ0v) is 24.1. The van der Waals surface area contributed by atoms with Crippen LogP contribution in [0.3, 0.4) is 0 Å². The van der Waals surface area contributed by atoms with Gasteiger partial charge in [0, 0.05) is 44.8 Å². The molecule has 0 N–H and O–H groups in total. The van der Waals surface area contributed by atoms with E-state index in [0.29, 0.717) is 17.8 Å². The van der Waals surface area contributed by atoms with Gasteiger partial charge in [0.2, 0.25) is 0 Å². The number of halogens is 1. The Bertz CT molecular complexity index is 1480. The molecule has 0 spiro atoms. The number of anilines is 2. The minimum Gasteiger partial charge on any atom is -0.351 e. The maximum absolute atomic E-state index is 12.9. The molecule has 0 saturated carbocycles. The number of alkyl halides is 1. The Balaban J connectivity index is 1.22. The van der Waals surface area contributed by atoms with E-state index in [4.69, 9.17) is 0 Å². The van der Waals surface area contributed by atoms with E-state index < -0.39 is 6.67 Å². The van der Waals surface area contributed by atoms with Crippen molar-refractivity contribution in [2.45, 2.75) is 39.9 Å². The summed E-state index contributed by atoms with van der Waals surface area (Å²) in [6, 6.07) is 17.7. The number of rotatable bonds is 8. The van der Waals surface area contributed by atoms with Crippen LogP contribution in [0.4, 0.5) is 16.0 Å². The molecule has 1 atom stereocenters. The monoisotopic (exact) mass is 553 g/mol. The van der Waals surface area contributed by atoms with E-state index in [1.807, 2.05) is 30.3 Å². The Morgan fingerprint density at radius 1 is 0.951 bits per heavy atom. The summed E-state index contributed by atoms with van der Waals surface area (Å²) < 4.78 is 12.9. The standard InChI is InChI=1S/C32H36FN7O/c1-22-21-39(31-24(3)23(2)30(36-37-31)27-12-10-26(18-33)11-13-27)16-17-40(22)29-20-34-28(19-35-29)32(41)38(4)15-14-25-8-6-5-7-9-25/h5-13,19-20,22H,14-18,21H2,1-4H3/t22-/m1/s1. The lowest BCUT2D eigenvalue weighted by Gasteiger charge is -2.41. The van der Waals surface area contributed by atoms with Gasteiger partial charge in [-0.2, -0.15) is 0 Å². The van der Waals surface area contributed by atoms with Gasteiger partial charge in [0.05, 0.1) is 18.1 Å². The van der Waals surface area contributed by atoms with Crippen LogP contribution < -0.4 is 9.80 Å². The maximum Gasteiger partial charge on any atom is 0.273 e. The Kier molecular flexibility index (Phi) is 8.52. The molecular formula is C32H36FN7O. The van der Waals surface area contributed by atoms with Crippen molar-refractivity contribution >= 4 is 17.5 Å². The lowest BCUT2D eigenvalue weighted by molar-refractivity contribution is 0.0790. The molecule has 4 aromatic rings. The summed E-state index contributed by atoms with van der Waals surface area (Å²) in [5.41, 5.74) is 6.09. The maximum atomic E-state index is 12.9. The fourth-order valence-electron chi connectivity index (χ4n) is 5.23. The number of carbonyl (C=O) groups excluding carboxylic acids is 1. The molecule has 41 heavy (non-hydrogen) atoms. The van der Waals surface area contributed by atoms with Crippen LogP contribution in [-0.2, 0) is 13.1 Å². The minimum atomic E-state index is -0.479. The van der Waals surface area contributed by atoms with E-state index in [-0.39, 0.29) is 11.9 Å². The summed E-state index contributed by atoms with van der Waals surface area (Å²) in [5, 5.41) is 9.16. The van der Waals surface area contributed by atoms with E-state index >= 15 is 0 Å². The van der Waals surface area contributed by atoms with Crippen LogP contribution in [0.1, 0.15) is 39.7 Å². The summed E-state index contributed by atoms with van der Waals surface area (Å²) in [5.74, 6) is 1.50. The van der Waals surface area contributed by atoms with Gasteiger partial charge in [-0.3, -0.25) is 4.79 Å². The van der Waals surface area contributed by atoms with E-state index in [9.17, 15) is 9.18 Å². The molecule has 1 fully saturated rings. The van der Waals surface area contributed by atoms with Crippen molar-refractivity contribution in [2.24, 2.45) is 0 Å². The van der Waals surface area contributed by atoms with Crippen LogP contribution >= 0.6 is 0 Å². The van der Waals surface area contributed by atoms with Crippen LogP contribution in [0, 0.1) is 13.8 Å². The number of likely N-dealkylation sites (N-methyl/N-ethyl adjacent to an activating group) is 1. The van der Waals surface area contributed by atoms with Crippen molar-refractivity contribution in [2.75, 3.05) is 43.0 Å². The number of hydrogen-bond acceptors (Lipinski definition) is 7. The second-order valence-corrected chi connectivity index (χ2v) is 10.7. The first kappa shape index (κ1) is 28.1. The van der Waals surface area contributed by atoms with Gasteiger partial charge in [-0.25, -0.2) is 14.4 Å². The number of piperazine rings is 1. The molecule has 212 valence electrons. The summed E-state index contributed by atoms with van der Waals surface area (Å²) in [7, 11) is 1.80. The summed E-state index contributed by atoms with van der Waals surface area (Å²) >= 11 is 0. The lowest BCUT2D eigenvalue weighted by atomic mass is 10.0. The third-order valence-electron chi connectivity index (χ3n) is 7.88. The van der Waals surface area contributed by atoms with E-state index in [1.54, 1.807) is 36.5 Å². The van der Waals surface area contributed by atoms with Crippen LogP contribution in [-0.4, -0.2) is 70.2 Å². The van der Waals surface area contributed by atoms with Crippen LogP contribution in [0.2, 0.25) is 0 Å². The first-order chi connectivity index (χ1) is 19.9. The fourth-order valence-corrected chi connectivity index (χ4v) is 5.23. The van der Waals surface area contributed by atoms with Gasteiger partial charge < -0.3 is 14.7 Å². The van der Waals surface area contributed by atoms with Crippen molar-refractivity contribution in [3.8, 4) is 11.3 Å². The van der Waals surface area contributed by atoms with Gasteiger partial charge in [-0.15, -0.1) is 10.2 Å². The molecule has 0 radical (unpaired) electrons. The summed E-state index contributed by atoms with van der Waals surface area (Å²) in [6.45, 7) is 8.68. The quantitative estimate of drug-likeness (QED) is 0.302. The molecule has 1 aliphatic heterocycles. The van der Waals surface area contributed by atoms with Gasteiger partial charge in [0.1, 0.15) is 18.2 Å². The molecule has 5 rings (SSSR count). The fraction of sp³-hybridized carbons (Fsp3) is 0.344. The lowest BCUT2D eigenvalue weighted by Crippen LogP contribution is -2.53. The van der Waals surface area contributed by atoms with Crippen molar-refractivity contribution in [3.63, 3.8) is 0 Å². The minimum absolute atomic E-state index is 0.135. The molecule has 1 amide bonds. The highest BCUT2D eigenvalue weighted by molar-refractivity contribution is 5.91. The molecule has 1 saturated heterocycles. The Morgan fingerprint density at radius 3 is 2.37 bits per heavy atom. The van der Waals surface area contributed by atoms with E-state index in [0.717, 1.165) is 60.1 Å². The van der Waals surface area contributed by atoms with Gasteiger partial charge in [0.25, 0.3) is 5.91 Å². The van der Waals surface area contributed by atoms with Crippen molar-refractivity contribution < 1.29 is 9.18 Å². The normalized spacial score (nSPS) is 15.2. The highest BCUT2D eigenvalue weighted by atomic mass is 19.1. The summed E-state index contributed by atoms with van der Waals surface area (Å²) in [4.78, 5) is 28.1. The second-order valence-electron chi connectivity index (χ2n) is 10.7. The number of benzene rings is 2. The van der Waals surface area contributed by atoms with Crippen molar-refractivity contribution in [1.29, 1.82) is 0 Å². The molecular weight excluding hydrogens is 517 g/mol. The van der Waals surface area contributed by atoms with Gasteiger partial charge >= 0.3 is 0 Å². The molecule has 2 aromatic carbocycles. The Hall–Kier alpha value is -4.40. The smallest absolute Gasteiger partial charge is 0.273 e. The Labute approximate surface area is 240 Å².